The lowest BCUT2D eigenvalue weighted by Crippen LogP contribution is -2.39. The summed E-state index contributed by atoms with van der Waals surface area (Å²) >= 11 is 6.00. The fourth-order valence-electron chi connectivity index (χ4n) is 2.48. The molecule has 1 aliphatic rings. The molecule has 0 bridgehead atoms. The van der Waals surface area contributed by atoms with Gasteiger partial charge in [-0.3, -0.25) is 9.20 Å². The fraction of sp³-hybridized carbons (Fsp3) is 0.417. The van der Waals surface area contributed by atoms with Crippen molar-refractivity contribution in [3.8, 4) is 0 Å². The fourth-order valence-corrected chi connectivity index (χ4v) is 2.67. The Morgan fingerprint density at radius 3 is 3.11 bits per heavy atom. The number of aromatic nitrogens is 3. The molecule has 1 fully saturated rings. The zero-order chi connectivity index (χ0) is 13.4. The van der Waals surface area contributed by atoms with Crippen molar-refractivity contribution >= 4 is 29.0 Å². The van der Waals surface area contributed by atoms with E-state index < -0.39 is 5.97 Å². The molecule has 2 aromatic heterocycles. The first-order valence-corrected chi connectivity index (χ1v) is 6.50. The van der Waals surface area contributed by atoms with Gasteiger partial charge in [-0.05, 0) is 12.8 Å². The quantitative estimate of drug-likeness (QED) is 0.906. The van der Waals surface area contributed by atoms with Crippen molar-refractivity contribution in [2.24, 2.45) is 5.92 Å². The number of halogens is 1. The van der Waals surface area contributed by atoms with Crippen LogP contribution in [-0.2, 0) is 4.79 Å². The topological polar surface area (TPSA) is 70.7 Å². The monoisotopic (exact) mass is 280 g/mol. The minimum atomic E-state index is -0.745. The summed E-state index contributed by atoms with van der Waals surface area (Å²) in [5.74, 6) is -0.353. The van der Waals surface area contributed by atoms with Crippen LogP contribution in [-0.4, -0.2) is 38.5 Å². The summed E-state index contributed by atoms with van der Waals surface area (Å²) < 4.78 is 1.85. The Kier molecular flexibility index (Phi) is 3.02. The molecule has 3 heterocycles. The van der Waals surface area contributed by atoms with E-state index in [-0.39, 0.29) is 5.92 Å². The number of imidazole rings is 1. The number of fused-ring (bicyclic) bond motifs is 1. The van der Waals surface area contributed by atoms with Gasteiger partial charge in [-0.15, -0.1) is 0 Å². The van der Waals surface area contributed by atoms with Gasteiger partial charge < -0.3 is 10.0 Å². The molecule has 1 N–H and O–H groups in total. The zero-order valence-corrected chi connectivity index (χ0v) is 10.9. The molecule has 100 valence electrons. The predicted molar refractivity (Wildman–Crippen MR) is 70.6 cm³/mol. The summed E-state index contributed by atoms with van der Waals surface area (Å²) in [6.07, 6.45) is 6.63. The number of carbonyl (C=O) groups is 1. The normalized spacial score (nSPS) is 19.8. The molecule has 3 rings (SSSR count). The lowest BCUT2D eigenvalue weighted by atomic mass is 9.99. The van der Waals surface area contributed by atoms with E-state index in [1.807, 2.05) is 9.30 Å². The van der Waals surface area contributed by atoms with Crippen LogP contribution in [0.3, 0.4) is 0 Å². The smallest absolute Gasteiger partial charge is 0.308 e. The first-order valence-electron chi connectivity index (χ1n) is 6.12. The molecule has 0 radical (unpaired) electrons. The third kappa shape index (κ3) is 2.12. The Morgan fingerprint density at radius 1 is 1.47 bits per heavy atom. The van der Waals surface area contributed by atoms with E-state index in [0.29, 0.717) is 11.7 Å². The Labute approximate surface area is 114 Å². The highest BCUT2D eigenvalue weighted by Gasteiger charge is 2.27. The second-order valence-electron chi connectivity index (χ2n) is 4.65. The third-order valence-corrected chi connectivity index (χ3v) is 3.74. The average molecular weight is 281 g/mol. The minimum Gasteiger partial charge on any atom is -0.481 e. The van der Waals surface area contributed by atoms with E-state index in [1.165, 1.54) is 0 Å². The molecule has 1 aliphatic heterocycles. The van der Waals surface area contributed by atoms with Crippen molar-refractivity contribution in [3.63, 3.8) is 0 Å². The summed E-state index contributed by atoms with van der Waals surface area (Å²) in [5, 5.41) is 9.52. The van der Waals surface area contributed by atoms with Crippen LogP contribution in [0.2, 0.25) is 5.15 Å². The van der Waals surface area contributed by atoms with Crippen LogP contribution >= 0.6 is 11.6 Å². The van der Waals surface area contributed by atoms with E-state index in [0.717, 1.165) is 30.9 Å². The molecule has 19 heavy (non-hydrogen) atoms. The number of hydrogen-bond acceptors (Lipinski definition) is 4. The molecule has 7 heteroatoms. The number of nitrogens with zero attached hydrogens (tertiary/aromatic N) is 4. The molecular weight excluding hydrogens is 268 g/mol. The van der Waals surface area contributed by atoms with Crippen LogP contribution in [0, 0.1) is 5.92 Å². The van der Waals surface area contributed by atoms with Crippen LogP contribution in [0.25, 0.3) is 5.52 Å². The van der Waals surface area contributed by atoms with Gasteiger partial charge in [0.1, 0.15) is 5.52 Å². The highest BCUT2D eigenvalue weighted by molar-refractivity contribution is 6.32. The van der Waals surface area contributed by atoms with E-state index >= 15 is 0 Å². The van der Waals surface area contributed by atoms with E-state index in [4.69, 9.17) is 16.7 Å². The molecule has 0 amide bonds. The Balaban J connectivity index is 1.96. The second-order valence-corrected chi connectivity index (χ2v) is 5.01. The SMILES string of the molecule is O=C(O)C1CCCN(c2ncc3c(Cl)nccn23)C1. The maximum atomic E-state index is 11.1. The van der Waals surface area contributed by atoms with Crippen LogP contribution in [0.4, 0.5) is 5.95 Å². The van der Waals surface area contributed by atoms with E-state index in [2.05, 4.69) is 9.97 Å². The number of piperidine rings is 1. The number of carboxylic acids is 1. The van der Waals surface area contributed by atoms with Crippen LogP contribution in [0.5, 0.6) is 0 Å². The van der Waals surface area contributed by atoms with E-state index in [9.17, 15) is 4.79 Å². The summed E-state index contributed by atoms with van der Waals surface area (Å²) in [7, 11) is 0. The first-order chi connectivity index (χ1) is 9.16. The Bertz CT molecular complexity index is 627. The van der Waals surface area contributed by atoms with Gasteiger partial charge in [0.2, 0.25) is 5.95 Å². The predicted octanol–water partition coefficient (Wildman–Crippen LogP) is 1.68. The van der Waals surface area contributed by atoms with Gasteiger partial charge in [0.15, 0.2) is 5.15 Å². The Morgan fingerprint density at radius 2 is 2.32 bits per heavy atom. The molecule has 0 aliphatic carbocycles. The van der Waals surface area contributed by atoms with Crippen molar-refractivity contribution in [3.05, 3.63) is 23.7 Å². The van der Waals surface area contributed by atoms with Crippen molar-refractivity contribution in [2.45, 2.75) is 12.8 Å². The highest BCUT2D eigenvalue weighted by Crippen LogP contribution is 2.25. The van der Waals surface area contributed by atoms with Crippen molar-refractivity contribution in [2.75, 3.05) is 18.0 Å². The lowest BCUT2D eigenvalue weighted by Gasteiger charge is -2.30. The van der Waals surface area contributed by atoms with E-state index in [1.54, 1.807) is 18.6 Å². The molecule has 6 nitrogen and oxygen atoms in total. The van der Waals surface area contributed by atoms with Crippen LogP contribution in [0.1, 0.15) is 12.8 Å². The molecule has 0 spiro atoms. The second kappa shape index (κ2) is 4.70. The van der Waals surface area contributed by atoms with Gasteiger partial charge in [-0.25, -0.2) is 9.97 Å². The van der Waals surface area contributed by atoms with Gasteiger partial charge >= 0.3 is 5.97 Å². The molecule has 0 saturated carbocycles. The standard InChI is InChI=1S/C12H13ClN4O2/c13-10-9-6-15-12(17(9)5-3-14-10)16-4-1-2-8(7-16)11(18)19/h3,5-6,8H,1-2,4,7H2,(H,18,19). The van der Waals surface area contributed by atoms with Gasteiger partial charge in [0.25, 0.3) is 0 Å². The summed E-state index contributed by atoms with van der Waals surface area (Å²) in [6, 6.07) is 0. The minimum absolute atomic E-state index is 0.335. The number of aliphatic carboxylic acids is 1. The van der Waals surface area contributed by atoms with Gasteiger partial charge in [-0.1, -0.05) is 11.6 Å². The van der Waals surface area contributed by atoms with Crippen LogP contribution in [0.15, 0.2) is 18.6 Å². The van der Waals surface area contributed by atoms with Gasteiger partial charge in [0.05, 0.1) is 12.1 Å². The summed E-state index contributed by atoms with van der Waals surface area (Å²) in [5.41, 5.74) is 0.733. The molecule has 2 aromatic rings. The number of carboxylic acid groups (broad SMARTS) is 1. The van der Waals surface area contributed by atoms with Gasteiger partial charge in [0, 0.05) is 25.5 Å². The maximum absolute atomic E-state index is 11.1. The number of anilines is 1. The van der Waals surface area contributed by atoms with Crippen LogP contribution < -0.4 is 4.90 Å². The van der Waals surface area contributed by atoms with Gasteiger partial charge in [-0.2, -0.15) is 0 Å². The zero-order valence-electron chi connectivity index (χ0n) is 10.2. The van der Waals surface area contributed by atoms with Crippen molar-refractivity contribution in [1.29, 1.82) is 0 Å². The summed E-state index contributed by atoms with van der Waals surface area (Å²) in [4.78, 5) is 21.4. The Hall–Kier alpha value is -1.82. The molecular formula is C12H13ClN4O2. The summed E-state index contributed by atoms with van der Waals surface area (Å²) in [6.45, 7) is 1.29. The molecule has 1 unspecified atom stereocenters. The third-order valence-electron chi connectivity index (χ3n) is 3.45. The highest BCUT2D eigenvalue weighted by atomic mass is 35.5. The number of hydrogen-bond donors (Lipinski definition) is 1. The largest absolute Gasteiger partial charge is 0.481 e. The molecule has 1 saturated heterocycles. The molecule has 1 atom stereocenters. The molecule has 0 aromatic carbocycles. The van der Waals surface area contributed by atoms with Crippen molar-refractivity contribution < 1.29 is 9.90 Å². The average Bonchev–Trinajstić information content (AvgIpc) is 2.84. The van der Waals surface area contributed by atoms with Crippen molar-refractivity contribution in [1.82, 2.24) is 14.4 Å². The number of rotatable bonds is 2. The lowest BCUT2D eigenvalue weighted by molar-refractivity contribution is -0.141. The first kappa shape index (κ1) is 12.2. The maximum Gasteiger partial charge on any atom is 0.308 e.